The maximum atomic E-state index is 5.38. The van der Waals surface area contributed by atoms with E-state index in [0.29, 0.717) is 0 Å². The number of hydrogen-bond acceptors (Lipinski definition) is 4. The SMILES string of the molecule is Cc1ccc(CNc2ccc(N3CCOCC3)cc2)cn1. The fourth-order valence-electron chi connectivity index (χ4n) is 2.42. The van der Waals surface area contributed by atoms with E-state index in [1.165, 1.54) is 11.3 Å². The van der Waals surface area contributed by atoms with E-state index in [0.717, 1.165) is 44.2 Å². The van der Waals surface area contributed by atoms with Gasteiger partial charge in [-0.05, 0) is 42.8 Å². The molecule has 1 fully saturated rings. The summed E-state index contributed by atoms with van der Waals surface area (Å²) in [4.78, 5) is 6.67. The molecule has 4 heteroatoms. The Labute approximate surface area is 125 Å². The van der Waals surface area contributed by atoms with Gasteiger partial charge in [-0.2, -0.15) is 0 Å². The molecule has 1 saturated heterocycles. The van der Waals surface area contributed by atoms with E-state index in [1.54, 1.807) is 0 Å². The van der Waals surface area contributed by atoms with E-state index < -0.39 is 0 Å². The van der Waals surface area contributed by atoms with Crippen LogP contribution >= 0.6 is 0 Å². The lowest BCUT2D eigenvalue weighted by Gasteiger charge is -2.28. The van der Waals surface area contributed by atoms with Gasteiger partial charge in [0.1, 0.15) is 0 Å². The number of hydrogen-bond donors (Lipinski definition) is 1. The van der Waals surface area contributed by atoms with Crippen molar-refractivity contribution < 1.29 is 4.74 Å². The third kappa shape index (κ3) is 3.73. The van der Waals surface area contributed by atoms with Crippen LogP contribution in [0.15, 0.2) is 42.6 Å². The molecule has 3 rings (SSSR count). The van der Waals surface area contributed by atoms with E-state index in [4.69, 9.17) is 4.74 Å². The lowest BCUT2D eigenvalue weighted by atomic mass is 10.2. The topological polar surface area (TPSA) is 37.4 Å². The van der Waals surface area contributed by atoms with Gasteiger partial charge in [-0.15, -0.1) is 0 Å². The van der Waals surface area contributed by atoms with Crippen molar-refractivity contribution >= 4 is 11.4 Å². The van der Waals surface area contributed by atoms with E-state index in [2.05, 4.69) is 45.5 Å². The van der Waals surface area contributed by atoms with Gasteiger partial charge in [-0.3, -0.25) is 4.98 Å². The van der Waals surface area contributed by atoms with Gasteiger partial charge >= 0.3 is 0 Å². The smallest absolute Gasteiger partial charge is 0.0642 e. The molecule has 0 radical (unpaired) electrons. The summed E-state index contributed by atoms with van der Waals surface area (Å²) in [6.07, 6.45) is 1.92. The van der Waals surface area contributed by atoms with Crippen molar-refractivity contribution in [1.82, 2.24) is 4.98 Å². The standard InChI is InChI=1S/C17H21N3O/c1-14-2-3-15(12-18-14)13-19-16-4-6-17(7-5-16)20-8-10-21-11-9-20/h2-7,12,19H,8-11,13H2,1H3. The fourth-order valence-corrected chi connectivity index (χ4v) is 2.42. The molecule has 4 nitrogen and oxygen atoms in total. The van der Waals surface area contributed by atoms with Gasteiger partial charge in [0.25, 0.3) is 0 Å². The maximum absolute atomic E-state index is 5.38. The summed E-state index contributed by atoms with van der Waals surface area (Å²) >= 11 is 0. The van der Waals surface area contributed by atoms with Gasteiger partial charge in [-0.25, -0.2) is 0 Å². The first-order valence-corrected chi connectivity index (χ1v) is 7.39. The fraction of sp³-hybridized carbons (Fsp3) is 0.353. The van der Waals surface area contributed by atoms with Crippen LogP contribution in [0.3, 0.4) is 0 Å². The van der Waals surface area contributed by atoms with Crippen LogP contribution in [0.2, 0.25) is 0 Å². The summed E-state index contributed by atoms with van der Waals surface area (Å²) in [6, 6.07) is 12.7. The lowest BCUT2D eigenvalue weighted by Crippen LogP contribution is -2.36. The normalized spacial score (nSPS) is 15.0. The molecule has 0 aliphatic carbocycles. The second kappa shape index (κ2) is 6.59. The Bertz CT molecular complexity index is 560. The quantitative estimate of drug-likeness (QED) is 0.936. The van der Waals surface area contributed by atoms with Crippen molar-refractivity contribution in [3.8, 4) is 0 Å². The highest BCUT2D eigenvalue weighted by atomic mass is 16.5. The van der Waals surface area contributed by atoms with Crippen LogP contribution in [0.25, 0.3) is 0 Å². The highest BCUT2D eigenvalue weighted by Crippen LogP contribution is 2.19. The molecule has 1 aromatic carbocycles. The van der Waals surface area contributed by atoms with Crippen LogP contribution in [0.5, 0.6) is 0 Å². The molecule has 0 bridgehead atoms. The maximum Gasteiger partial charge on any atom is 0.0642 e. The van der Waals surface area contributed by atoms with Crippen LogP contribution in [0.4, 0.5) is 11.4 Å². The third-order valence-electron chi connectivity index (χ3n) is 3.71. The monoisotopic (exact) mass is 283 g/mol. The first kappa shape index (κ1) is 13.9. The zero-order valence-corrected chi connectivity index (χ0v) is 12.4. The lowest BCUT2D eigenvalue weighted by molar-refractivity contribution is 0.122. The molecule has 1 N–H and O–H groups in total. The van der Waals surface area contributed by atoms with Crippen LogP contribution in [-0.2, 0) is 11.3 Å². The van der Waals surface area contributed by atoms with Crippen molar-refractivity contribution in [2.75, 3.05) is 36.5 Å². The molecule has 2 aromatic rings. The minimum atomic E-state index is 0.796. The van der Waals surface area contributed by atoms with Gasteiger partial charge in [0, 0.05) is 42.9 Å². The Balaban J connectivity index is 1.57. The number of ether oxygens (including phenoxy) is 1. The number of aromatic nitrogens is 1. The van der Waals surface area contributed by atoms with Crippen LogP contribution in [0.1, 0.15) is 11.3 Å². The summed E-state index contributed by atoms with van der Waals surface area (Å²) in [6.45, 7) is 6.39. The second-order valence-electron chi connectivity index (χ2n) is 5.31. The molecule has 2 heterocycles. The van der Waals surface area contributed by atoms with Gasteiger partial charge in [0.05, 0.1) is 13.2 Å². The van der Waals surface area contributed by atoms with Gasteiger partial charge in [0.15, 0.2) is 0 Å². The van der Waals surface area contributed by atoms with Crippen LogP contribution in [0, 0.1) is 6.92 Å². The van der Waals surface area contributed by atoms with E-state index in [9.17, 15) is 0 Å². The number of nitrogens with one attached hydrogen (secondary N) is 1. The average molecular weight is 283 g/mol. The predicted molar refractivity (Wildman–Crippen MR) is 85.8 cm³/mol. The summed E-state index contributed by atoms with van der Waals surface area (Å²) < 4.78 is 5.38. The van der Waals surface area contributed by atoms with Crippen molar-refractivity contribution in [3.63, 3.8) is 0 Å². The molecule has 0 spiro atoms. The molecule has 0 unspecified atom stereocenters. The van der Waals surface area contributed by atoms with Gasteiger partial charge in [0.2, 0.25) is 0 Å². The average Bonchev–Trinajstić information content (AvgIpc) is 2.56. The summed E-state index contributed by atoms with van der Waals surface area (Å²) in [5.41, 5.74) is 4.64. The van der Waals surface area contributed by atoms with Crippen molar-refractivity contribution in [3.05, 3.63) is 53.9 Å². The molecule has 1 aromatic heterocycles. The molecule has 21 heavy (non-hydrogen) atoms. The Morgan fingerprint density at radius 3 is 2.52 bits per heavy atom. The van der Waals surface area contributed by atoms with Crippen molar-refractivity contribution in [1.29, 1.82) is 0 Å². The molecule has 0 amide bonds. The second-order valence-corrected chi connectivity index (χ2v) is 5.31. The Morgan fingerprint density at radius 2 is 1.86 bits per heavy atom. The molecule has 1 aliphatic heterocycles. The largest absolute Gasteiger partial charge is 0.381 e. The highest BCUT2D eigenvalue weighted by molar-refractivity contribution is 5.55. The molecule has 0 saturated carbocycles. The number of morpholine rings is 1. The number of benzene rings is 1. The minimum absolute atomic E-state index is 0.796. The van der Waals surface area contributed by atoms with Gasteiger partial charge < -0.3 is 15.0 Å². The number of nitrogens with zero attached hydrogens (tertiary/aromatic N) is 2. The molecule has 0 atom stereocenters. The number of rotatable bonds is 4. The van der Waals surface area contributed by atoms with E-state index in [-0.39, 0.29) is 0 Å². The summed E-state index contributed by atoms with van der Waals surface area (Å²) in [5, 5.41) is 3.43. The molecule has 110 valence electrons. The first-order valence-electron chi connectivity index (χ1n) is 7.39. The Kier molecular flexibility index (Phi) is 4.36. The number of anilines is 2. The van der Waals surface area contributed by atoms with Crippen LogP contribution in [-0.4, -0.2) is 31.3 Å². The predicted octanol–water partition coefficient (Wildman–Crippen LogP) is 2.84. The summed E-state index contributed by atoms with van der Waals surface area (Å²) in [7, 11) is 0. The highest BCUT2D eigenvalue weighted by Gasteiger charge is 2.10. The third-order valence-corrected chi connectivity index (χ3v) is 3.71. The Hall–Kier alpha value is -2.07. The summed E-state index contributed by atoms with van der Waals surface area (Å²) in [5.74, 6) is 0. The number of aryl methyl sites for hydroxylation is 1. The zero-order valence-electron chi connectivity index (χ0n) is 12.4. The molecular weight excluding hydrogens is 262 g/mol. The Morgan fingerprint density at radius 1 is 1.10 bits per heavy atom. The van der Waals surface area contributed by atoms with Crippen molar-refractivity contribution in [2.45, 2.75) is 13.5 Å². The minimum Gasteiger partial charge on any atom is -0.381 e. The molecule has 1 aliphatic rings. The zero-order chi connectivity index (χ0) is 14.5. The molecular formula is C17H21N3O. The van der Waals surface area contributed by atoms with Crippen molar-refractivity contribution in [2.24, 2.45) is 0 Å². The first-order chi connectivity index (χ1) is 10.3. The van der Waals surface area contributed by atoms with E-state index in [1.807, 2.05) is 19.2 Å². The van der Waals surface area contributed by atoms with Crippen LogP contribution < -0.4 is 10.2 Å². The van der Waals surface area contributed by atoms with Gasteiger partial charge in [-0.1, -0.05) is 6.07 Å². The number of pyridine rings is 1. The van der Waals surface area contributed by atoms with E-state index >= 15 is 0 Å².